The number of hydrogen-bond donors (Lipinski definition) is 1. The fourth-order valence-corrected chi connectivity index (χ4v) is 2.25. The molecule has 0 aliphatic rings. The van der Waals surface area contributed by atoms with Gasteiger partial charge in [0.25, 0.3) is 0 Å². The van der Waals surface area contributed by atoms with Crippen LogP contribution in [0.3, 0.4) is 0 Å². The number of aliphatic hydroxyl groups is 1. The number of rotatable bonds is 4. The summed E-state index contributed by atoms with van der Waals surface area (Å²) in [4.78, 5) is 13.1. The molecule has 0 aliphatic carbocycles. The Morgan fingerprint density at radius 3 is 2.70 bits per heavy atom. The van der Waals surface area contributed by atoms with Crippen LogP contribution in [0.15, 0.2) is 24.3 Å². The summed E-state index contributed by atoms with van der Waals surface area (Å²) in [5.41, 5.74) is 1.58. The van der Waals surface area contributed by atoms with E-state index in [2.05, 4.69) is 11.8 Å². The second-order valence-electron chi connectivity index (χ2n) is 4.48. The number of sulfone groups is 1. The standard InChI is InChI=1S/C14H17NO4S/c1-15(14(17)11-20(2,18)19)10-13-6-3-5-12(9-13)7-4-8-16/h3,5-6,9,16H,8,10-11H2,1-2H3. The van der Waals surface area contributed by atoms with Crippen LogP contribution in [0, 0.1) is 11.8 Å². The molecule has 1 N–H and O–H groups in total. The predicted octanol–water partition coefficient (Wildman–Crippen LogP) is 0.0334. The Labute approximate surface area is 119 Å². The molecule has 0 saturated heterocycles. The molecule has 0 atom stereocenters. The second-order valence-corrected chi connectivity index (χ2v) is 6.62. The molecule has 0 aliphatic heterocycles. The van der Waals surface area contributed by atoms with Gasteiger partial charge in [0.2, 0.25) is 5.91 Å². The molecule has 0 spiro atoms. The van der Waals surface area contributed by atoms with Crippen LogP contribution in [0.5, 0.6) is 0 Å². The van der Waals surface area contributed by atoms with Crippen molar-refractivity contribution < 1.29 is 18.3 Å². The van der Waals surface area contributed by atoms with E-state index in [0.29, 0.717) is 6.54 Å². The Morgan fingerprint density at radius 1 is 1.40 bits per heavy atom. The van der Waals surface area contributed by atoms with Gasteiger partial charge in [-0.15, -0.1) is 0 Å². The van der Waals surface area contributed by atoms with E-state index >= 15 is 0 Å². The molecule has 0 saturated carbocycles. The van der Waals surface area contributed by atoms with Crippen molar-refractivity contribution in [2.24, 2.45) is 0 Å². The maximum Gasteiger partial charge on any atom is 0.237 e. The van der Waals surface area contributed by atoms with Crippen LogP contribution in [0.2, 0.25) is 0 Å². The zero-order valence-corrected chi connectivity index (χ0v) is 12.3. The van der Waals surface area contributed by atoms with Gasteiger partial charge in [0.15, 0.2) is 9.84 Å². The molecule has 0 heterocycles. The predicted molar refractivity (Wildman–Crippen MR) is 76.6 cm³/mol. The number of carbonyl (C=O) groups is 1. The highest BCUT2D eigenvalue weighted by Crippen LogP contribution is 2.07. The number of benzene rings is 1. The third kappa shape index (κ3) is 5.87. The molecule has 1 aromatic carbocycles. The van der Waals surface area contributed by atoms with Gasteiger partial charge < -0.3 is 10.0 Å². The summed E-state index contributed by atoms with van der Waals surface area (Å²) in [6.07, 6.45) is 1.03. The smallest absolute Gasteiger partial charge is 0.237 e. The quantitative estimate of drug-likeness (QED) is 0.796. The van der Waals surface area contributed by atoms with Crippen molar-refractivity contribution in [3.8, 4) is 11.8 Å². The fourth-order valence-electron chi connectivity index (χ4n) is 1.59. The molecule has 0 bridgehead atoms. The van der Waals surface area contributed by atoms with Gasteiger partial charge in [-0.05, 0) is 17.7 Å². The fraction of sp³-hybridized carbons (Fsp3) is 0.357. The highest BCUT2D eigenvalue weighted by molar-refractivity contribution is 7.91. The van der Waals surface area contributed by atoms with Crippen molar-refractivity contribution >= 4 is 15.7 Å². The van der Waals surface area contributed by atoms with Crippen LogP contribution in [-0.2, 0) is 21.2 Å². The van der Waals surface area contributed by atoms with E-state index in [1.807, 2.05) is 6.07 Å². The summed E-state index contributed by atoms with van der Waals surface area (Å²) >= 11 is 0. The Morgan fingerprint density at radius 2 is 2.10 bits per heavy atom. The van der Waals surface area contributed by atoms with Gasteiger partial charge in [0, 0.05) is 25.4 Å². The zero-order valence-electron chi connectivity index (χ0n) is 11.5. The van der Waals surface area contributed by atoms with Crippen LogP contribution in [-0.4, -0.2) is 50.0 Å². The van der Waals surface area contributed by atoms with E-state index in [9.17, 15) is 13.2 Å². The monoisotopic (exact) mass is 295 g/mol. The van der Waals surface area contributed by atoms with E-state index in [1.54, 1.807) is 25.2 Å². The number of hydrogen-bond acceptors (Lipinski definition) is 4. The first kappa shape index (κ1) is 16.2. The average molecular weight is 295 g/mol. The van der Waals surface area contributed by atoms with E-state index in [-0.39, 0.29) is 6.61 Å². The molecule has 5 nitrogen and oxygen atoms in total. The molecule has 0 fully saturated rings. The molecule has 20 heavy (non-hydrogen) atoms. The highest BCUT2D eigenvalue weighted by atomic mass is 32.2. The van der Waals surface area contributed by atoms with Crippen LogP contribution in [0.1, 0.15) is 11.1 Å². The number of amides is 1. The zero-order chi connectivity index (χ0) is 15.2. The van der Waals surface area contributed by atoms with E-state index < -0.39 is 21.5 Å². The minimum atomic E-state index is -3.32. The van der Waals surface area contributed by atoms with Gasteiger partial charge in [-0.25, -0.2) is 8.42 Å². The summed E-state index contributed by atoms with van der Waals surface area (Å²) in [5, 5.41) is 8.64. The molecular weight excluding hydrogens is 278 g/mol. The van der Waals surface area contributed by atoms with Crippen LogP contribution >= 0.6 is 0 Å². The van der Waals surface area contributed by atoms with E-state index in [1.165, 1.54) is 4.90 Å². The van der Waals surface area contributed by atoms with Crippen molar-refractivity contribution in [1.82, 2.24) is 4.90 Å². The van der Waals surface area contributed by atoms with Crippen molar-refractivity contribution in [1.29, 1.82) is 0 Å². The lowest BCUT2D eigenvalue weighted by molar-refractivity contribution is -0.127. The first-order valence-electron chi connectivity index (χ1n) is 5.92. The summed E-state index contributed by atoms with van der Waals surface area (Å²) in [7, 11) is -1.77. The first-order valence-corrected chi connectivity index (χ1v) is 7.98. The maximum absolute atomic E-state index is 11.7. The summed E-state index contributed by atoms with van der Waals surface area (Å²) in [6.45, 7) is 0.0972. The molecule has 0 aromatic heterocycles. The van der Waals surface area contributed by atoms with Gasteiger partial charge in [-0.1, -0.05) is 24.0 Å². The lowest BCUT2D eigenvalue weighted by Crippen LogP contribution is -2.31. The molecular formula is C14H17NO4S. The number of carbonyl (C=O) groups excluding carboxylic acids is 1. The first-order chi connectivity index (χ1) is 9.31. The molecule has 6 heteroatoms. The van der Waals surface area contributed by atoms with Crippen LogP contribution < -0.4 is 0 Å². The lowest BCUT2D eigenvalue weighted by atomic mass is 10.1. The number of aliphatic hydroxyl groups excluding tert-OH is 1. The Bertz CT molecular complexity index is 641. The highest BCUT2D eigenvalue weighted by Gasteiger charge is 2.15. The molecule has 1 amide bonds. The van der Waals surface area contributed by atoms with Gasteiger partial charge in [-0.3, -0.25) is 4.79 Å². The second kappa shape index (κ2) is 7.08. The van der Waals surface area contributed by atoms with Crippen molar-refractivity contribution in [2.45, 2.75) is 6.54 Å². The Kier molecular flexibility index (Phi) is 5.74. The average Bonchev–Trinajstić information content (AvgIpc) is 2.34. The van der Waals surface area contributed by atoms with E-state index in [0.717, 1.165) is 17.4 Å². The molecule has 0 unspecified atom stereocenters. The third-order valence-corrected chi connectivity index (χ3v) is 3.24. The molecule has 0 radical (unpaired) electrons. The Hall–Kier alpha value is -1.84. The van der Waals surface area contributed by atoms with Gasteiger partial charge in [0.05, 0.1) is 0 Å². The normalized spacial score (nSPS) is 10.6. The summed E-state index contributed by atoms with van der Waals surface area (Å²) < 4.78 is 22.2. The SMILES string of the molecule is CN(Cc1cccc(C#CCO)c1)C(=O)CS(C)(=O)=O. The van der Waals surface area contributed by atoms with E-state index in [4.69, 9.17) is 5.11 Å². The molecule has 1 aromatic rings. The topological polar surface area (TPSA) is 74.7 Å². The maximum atomic E-state index is 11.7. The van der Waals surface area contributed by atoms with Crippen molar-refractivity contribution in [3.05, 3.63) is 35.4 Å². The number of nitrogens with zero attached hydrogens (tertiary/aromatic N) is 1. The molecule has 108 valence electrons. The minimum Gasteiger partial charge on any atom is -0.384 e. The Balaban J connectivity index is 2.75. The minimum absolute atomic E-state index is 0.211. The van der Waals surface area contributed by atoms with Gasteiger partial charge in [0.1, 0.15) is 12.4 Å². The van der Waals surface area contributed by atoms with Gasteiger partial charge >= 0.3 is 0 Å². The van der Waals surface area contributed by atoms with Crippen molar-refractivity contribution in [3.63, 3.8) is 0 Å². The third-order valence-electron chi connectivity index (χ3n) is 2.47. The van der Waals surface area contributed by atoms with Crippen LogP contribution in [0.4, 0.5) is 0 Å². The molecule has 1 rings (SSSR count). The van der Waals surface area contributed by atoms with Crippen LogP contribution in [0.25, 0.3) is 0 Å². The largest absolute Gasteiger partial charge is 0.384 e. The van der Waals surface area contributed by atoms with Gasteiger partial charge in [-0.2, -0.15) is 0 Å². The lowest BCUT2D eigenvalue weighted by Gasteiger charge is -2.16. The van der Waals surface area contributed by atoms with Crippen molar-refractivity contribution in [2.75, 3.05) is 25.7 Å². The summed E-state index contributed by atoms with van der Waals surface area (Å²) in [6, 6.07) is 7.22. The summed E-state index contributed by atoms with van der Waals surface area (Å²) in [5.74, 6) is 4.38.